The summed E-state index contributed by atoms with van der Waals surface area (Å²) in [5, 5.41) is 8.73. The van der Waals surface area contributed by atoms with Crippen molar-refractivity contribution >= 4 is 44.9 Å². The van der Waals surface area contributed by atoms with Crippen LogP contribution >= 0.6 is 22.9 Å². The minimum atomic E-state index is -0.331. The first kappa shape index (κ1) is 16.0. The van der Waals surface area contributed by atoms with Gasteiger partial charge in [0.2, 0.25) is 5.95 Å². The van der Waals surface area contributed by atoms with E-state index in [-0.39, 0.29) is 18.4 Å². The number of aromatic nitrogens is 2. The third-order valence-corrected chi connectivity index (χ3v) is 4.48. The van der Waals surface area contributed by atoms with Crippen LogP contribution in [-0.2, 0) is 6.54 Å². The van der Waals surface area contributed by atoms with E-state index < -0.39 is 0 Å². The molecule has 3 rings (SSSR count). The highest BCUT2D eigenvalue weighted by Gasteiger charge is 2.12. The zero-order valence-electron chi connectivity index (χ0n) is 12.7. The lowest BCUT2D eigenvalue weighted by molar-refractivity contribution is 0.613. The monoisotopic (exact) mass is 350 g/mol. The van der Waals surface area contributed by atoms with Crippen molar-refractivity contribution in [1.82, 2.24) is 9.97 Å². The van der Waals surface area contributed by atoms with E-state index in [0.717, 1.165) is 10.2 Å². The number of nitrogens with zero attached hydrogens (tertiary/aromatic N) is 2. The van der Waals surface area contributed by atoms with Crippen molar-refractivity contribution in [3.8, 4) is 0 Å². The number of rotatable bonds is 5. The van der Waals surface area contributed by atoms with Gasteiger partial charge in [-0.3, -0.25) is 0 Å². The summed E-state index contributed by atoms with van der Waals surface area (Å²) >= 11 is 7.61. The van der Waals surface area contributed by atoms with Gasteiger partial charge < -0.3 is 10.6 Å². The minimum absolute atomic E-state index is 0.222. The smallest absolute Gasteiger partial charge is 0.225 e. The summed E-state index contributed by atoms with van der Waals surface area (Å²) in [4.78, 5) is 8.97. The Morgan fingerprint density at radius 2 is 2.09 bits per heavy atom. The molecule has 0 saturated heterocycles. The number of hydrogen-bond acceptors (Lipinski definition) is 5. The number of benzene rings is 1. The van der Waals surface area contributed by atoms with Crippen molar-refractivity contribution in [2.75, 3.05) is 10.6 Å². The number of halogens is 2. The molecule has 0 fully saturated rings. The maximum atomic E-state index is 13.9. The number of nitrogens with one attached hydrogen (secondary N) is 2. The summed E-state index contributed by atoms with van der Waals surface area (Å²) in [5.74, 6) is 0.891. The Labute approximate surface area is 142 Å². The molecular formula is C16H16ClFN4S. The molecule has 120 valence electrons. The van der Waals surface area contributed by atoms with Crippen LogP contribution in [0.25, 0.3) is 10.2 Å². The Hall–Kier alpha value is -1.92. The molecule has 0 aliphatic carbocycles. The fourth-order valence-electron chi connectivity index (χ4n) is 2.18. The molecule has 0 aliphatic rings. The molecule has 0 unspecified atom stereocenters. The van der Waals surface area contributed by atoms with Crippen LogP contribution in [0.5, 0.6) is 0 Å². The van der Waals surface area contributed by atoms with Crippen molar-refractivity contribution in [2.24, 2.45) is 0 Å². The molecule has 0 aliphatic heterocycles. The van der Waals surface area contributed by atoms with Gasteiger partial charge in [-0.25, -0.2) is 9.37 Å². The highest BCUT2D eigenvalue weighted by atomic mass is 35.5. The molecular weight excluding hydrogens is 335 g/mol. The second kappa shape index (κ2) is 6.68. The van der Waals surface area contributed by atoms with E-state index in [0.29, 0.717) is 22.4 Å². The first-order chi connectivity index (χ1) is 11.0. The highest BCUT2D eigenvalue weighted by molar-refractivity contribution is 7.17. The molecule has 4 nitrogen and oxygen atoms in total. The summed E-state index contributed by atoms with van der Waals surface area (Å²) in [6.07, 6.45) is 0. The maximum Gasteiger partial charge on any atom is 0.225 e. The van der Waals surface area contributed by atoms with E-state index in [1.165, 1.54) is 6.07 Å². The first-order valence-corrected chi connectivity index (χ1v) is 8.49. The molecule has 0 radical (unpaired) electrons. The second-order valence-corrected chi connectivity index (χ2v) is 6.71. The zero-order valence-corrected chi connectivity index (χ0v) is 14.3. The Kier molecular flexibility index (Phi) is 4.63. The maximum absolute atomic E-state index is 13.9. The van der Waals surface area contributed by atoms with E-state index in [1.807, 2.05) is 25.3 Å². The lowest BCUT2D eigenvalue weighted by atomic mass is 10.2. The van der Waals surface area contributed by atoms with Crippen LogP contribution in [-0.4, -0.2) is 16.0 Å². The van der Waals surface area contributed by atoms with Gasteiger partial charge >= 0.3 is 0 Å². The molecule has 1 aromatic carbocycles. The van der Waals surface area contributed by atoms with Crippen LogP contribution in [0.1, 0.15) is 19.4 Å². The standard InChI is InChI=1S/C16H16ClFN4S/c1-9(2)20-16-21-13-6-7-23-14(13)15(22-16)19-8-10-11(17)4-3-5-12(10)18/h3-7,9H,8H2,1-2H3,(H2,19,20,21,22). The Bertz CT molecular complexity index is 814. The molecule has 0 amide bonds. The van der Waals surface area contributed by atoms with E-state index in [1.54, 1.807) is 23.5 Å². The minimum Gasteiger partial charge on any atom is -0.364 e. The van der Waals surface area contributed by atoms with Crippen LogP contribution in [0, 0.1) is 5.82 Å². The van der Waals surface area contributed by atoms with Crippen LogP contribution in [0.3, 0.4) is 0 Å². The van der Waals surface area contributed by atoms with Gasteiger partial charge in [0.1, 0.15) is 11.6 Å². The van der Waals surface area contributed by atoms with Gasteiger partial charge in [0.05, 0.1) is 10.2 Å². The van der Waals surface area contributed by atoms with Crippen LogP contribution in [0.4, 0.5) is 16.2 Å². The van der Waals surface area contributed by atoms with Crippen LogP contribution in [0.15, 0.2) is 29.6 Å². The lowest BCUT2D eigenvalue weighted by Gasteiger charge is -2.12. The van der Waals surface area contributed by atoms with E-state index in [2.05, 4.69) is 20.6 Å². The summed E-state index contributed by atoms with van der Waals surface area (Å²) < 4.78 is 14.8. The summed E-state index contributed by atoms with van der Waals surface area (Å²) in [7, 11) is 0. The normalized spacial score (nSPS) is 11.2. The molecule has 0 atom stereocenters. The quantitative estimate of drug-likeness (QED) is 0.686. The van der Waals surface area contributed by atoms with E-state index >= 15 is 0 Å². The molecule has 7 heteroatoms. The molecule has 0 spiro atoms. The molecule has 0 bridgehead atoms. The third-order valence-electron chi connectivity index (χ3n) is 3.22. The summed E-state index contributed by atoms with van der Waals surface area (Å²) in [6, 6.07) is 6.83. The molecule has 3 aromatic rings. The van der Waals surface area contributed by atoms with Gasteiger partial charge in [0.15, 0.2) is 0 Å². The number of anilines is 2. The number of hydrogen-bond donors (Lipinski definition) is 2. The van der Waals surface area contributed by atoms with Crippen molar-refractivity contribution in [3.63, 3.8) is 0 Å². The predicted octanol–water partition coefficient (Wildman–Crippen LogP) is 4.92. The SMILES string of the molecule is CC(C)Nc1nc(NCc2c(F)cccc2Cl)c2sccc2n1. The van der Waals surface area contributed by atoms with Crippen molar-refractivity contribution in [2.45, 2.75) is 26.4 Å². The third kappa shape index (κ3) is 3.54. The Balaban J connectivity index is 1.91. The van der Waals surface area contributed by atoms with Crippen LogP contribution in [0.2, 0.25) is 5.02 Å². The van der Waals surface area contributed by atoms with E-state index in [4.69, 9.17) is 11.6 Å². The largest absolute Gasteiger partial charge is 0.364 e. The van der Waals surface area contributed by atoms with E-state index in [9.17, 15) is 4.39 Å². The fourth-order valence-corrected chi connectivity index (χ4v) is 3.21. The second-order valence-electron chi connectivity index (χ2n) is 5.38. The fraction of sp³-hybridized carbons (Fsp3) is 0.250. The zero-order chi connectivity index (χ0) is 16.4. The topological polar surface area (TPSA) is 49.8 Å². The average molecular weight is 351 g/mol. The van der Waals surface area contributed by atoms with Gasteiger partial charge in [0.25, 0.3) is 0 Å². The van der Waals surface area contributed by atoms with Crippen molar-refractivity contribution in [1.29, 1.82) is 0 Å². The first-order valence-electron chi connectivity index (χ1n) is 7.23. The van der Waals surface area contributed by atoms with Crippen molar-refractivity contribution < 1.29 is 4.39 Å². The predicted molar refractivity (Wildman–Crippen MR) is 94.9 cm³/mol. The molecule has 2 aromatic heterocycles. The Morgan fingerprint density at radius 3 is 2.83 bits per heavy atom. The van der Waals surface area contributed by atoms with Crippen molar-refractivity contribution in [3.05, 3.63) is 46.0 Å². The lowest BCUT2D eigenvalue weighted by Crippen LogP contribution is -2.13. The Morgan fingerprint density at radius 1 is 1.26 bits per heavy atom. The summed E-state index contributed by atoms with van der Waals surface area (Å²) in [5.41, 5.74) is 1.28. The molecule has 2 N–H and O–H groups in total. The van der Waals surface area contributed by atoms with Gasteiger partial charge in [0, 0.05) is 23.2 Å². The molecule has 0 saturated carbocycles. The number of fused-ring (bicyclic) bond motifs is 1. The highest BCUT2D eigenvalue weighted by Crippen LogP contribution is 2.28. The number of thiophene rings is 1. The molecule has 23 heavy (non-hydrogen) atoms. The van der Waals surface area contributed by atoms with Gasteiger partial charge in [-0.1, -0.05) is 17.7 Å². The molecule has 2 heterocycles. The van der Waals surface area contributed by atoms with Gasteiger partial charge in [-0.05, 0) is 37.4 Å². The average Bonchev–Trinajstić information content (AvgIpc) is 2.94. The summed E-state index contributed by atoms with van der Waals surface area (Å²) in [6.45, 7) is 4.30. The van der Waals surface area contributed by atoms with Crippen LogP contribution < -0.4 is 10.6 Å². The van der Waals surface area contributed by atoms with Gasteiger partial charge in [-0.2, -0.15) is 4.98 Å². The van der Waals surface area contributed by atoms with Gasteiger partial charge in [-0.15, -0.1) is 11.3 Å².